The highest BCUT2D eigenvalue weighted by molar-refractivity contribution is 9.10. The lowest BCUT2D eigenvalue weighted by Gasteiger charge is -2.29. The number of halogens is 5. The lowest BCUT2D eigenvalue weighted by Crippen LogP contribution is -2.42. The van der Waals surface area contributed by atoms with Gasteiger partial charge in [-0.1, -0.05) is 15.9 Å². The number of piperidine rings is 1. The van der Waals surface area contributed by atoms with Gasteiger partial charge in [-0.3, -0.25) is 0 Å². The third kappa shape index (κ3) is 4.35. The van der Waals surface area contributed by atoms with E-state index in [1.165, 1.54) is 10.4 Å². The minimum Gasteiger partial charge on any atom is -0.328 e. The Labute approximate surface area is 141 Å². The molecule has 0 saturated carbocycles. The molecule has 1 heterocycles. The van der Waals surface area contributed by atoms with Crippen LogP contribution in [-0.4, -0.2) is 31.9 Å². The molecule has 0 aliphatic carbocycles. The Kier molecular flexibility index (Phi) is 6.30. The maximum Gasteiger partial charge on any atom is 0.416 e. The SMILES string of the molecule is Cl.NC1CCN(S(=O)(=O)c2cc(Br)cc(C(F)(F)F)c2)CC1. The van der Waals surface area contributed by atoms with Gasteiger partial charge in [0.05, 0.1) is 10.5 Å². The molecule has 1 aromatic carbocycles. The third-order valence-corrected chi connectivity index (χ3v) is 5.67. The molecule has 0 spiro atoms. The zero-order chi connectivity index (χ0) is 15.8. The second kappa shape index (κ2) is 7.04. The Morgan fingerprint density at radius 1 is 1.18 bits per heavy atom. The first-order valence-corrected chi connectivity index (χ1v) is 8.47. The van der Waals surface area contributed by atoms with Gasteiger partial charge in [0.15, 0.2) is 0 Å². The van der Waals surface area contributed by atoms with Crippen molar-refractivity contribution in [1.82, 2.24) is 4.31 Å². The summed E-state index contributed by atoms with van der Waals surface area (Å²) in [7, 11) is -3.94. The van der Waals surface area contributed by atoms with Crippen molar-refractivity contribution in [3.63, 3.8) is 0 Å². The summed E-state index contributed by atoms with van der Waals surface area (Å²) in [5.74, 6) is 0. The Balaban J connectivity index is 0.00000242. The summed E-state index contributed by atoms with van der Waals surface area (Å²) >= 11 is 2.93. The van der Waals surface area contributed by atoms with Crippen LogP contribution in [-0.2, 0) is 16.2 Å². The Morgan fingerprint density at radius 2 is 1.73 bits per heavy atom. The molecular weight excluding hydrogens is 409 g/mol. The number of sulfonamides is 1. The zero-order valence-corrected chi connectivity index (χ0v) is 14.5. The predicted octanol–water partition coefficient (Wildman–Crippen LogP) is 3.00. The van der Waals surface area contributed by atoms with Gasteiger partial charge < -0.3 is 5.73 Å². The Bertz CT molecular complexity index is 632. The lowest BCUT2D eigenvalue weighted by atomic mass is 10.1. The lowest BCUT2D eigenvalue weighted by molar-refractivity contribution is -0.137. The van der Waals surface area contributed by atoms with E-state index in [1.807, 2.05) is 0 Å². The van der Waals surface area contributed by atoms with Gasteiger partial charge in [-0.05, 0) is 31.0 Å². The maximum absolute atomic E-state index is 12.8. The second-order valence-corrected chi connectivity index (χ2v) is 7.77. The molecule has 4 nitrogen and oxygen atoms in total. The zero-order valence-electron chi connectivity index (χ0n) is 11.3. The van der Waals surface area contributed by atoms with Crippen molar-refractivity contribution in [3.05, 3.63) is 28.2 Å². The molecule has 1 aromatic rings. The third-order valence-electron chi connectivity index (χ3n) is 3.33. The first kappa shape index (κ1) is 19.7. The molecule has 0 radical (unpaired) electrons. The number of hydrogen-bond donors (Lipinski definition) is 1. The summed E-state index contributed by atoms with van der Waals surface area (Å²) < 4.78 is 64.4. The largest absolute Gasteiger partial charge is 0.416 e. The van der Waals surface area contributed by atoms with E-state index in [9.17, 15) is 21.6 Å². The first-order valence-electron chi connectivity index (χ1n) is 6.24. The summed E-state index contributed by atoms with van der Waals surface area (Å²) in [4.78, 5) is -0.361. The number of nitrogens with two attached hydrogens (primary N) is 1. The summed E-state index contributed by atoms with van der Waals surface area (Å²) in [6.45, 7) is 0.439. The number of alkyl halides is 3. The van der Waals surface area contributed by atoms with Crippen molar-refractivity contribution in [2.75, 3.05) is 13.1 Å². The summed E-state index contributed by atoms with van der Waals surface area (Å²) in [5.41, 5.74) is 4.71. The fourth-order valence-corrected chi connectivity index (χ4v) is 4.33. The Hall–Kier alpha value is -0.350. The van der Waals surface area contributed by atoms with Crippen molar-refractivity contribution >= 4 is 38.4 Å². The van der Waals surface area contributed by atoms with Crippen LogP contribution >= 0.6 is 28.3 Å². The van der Waals surface area contributed by atoms with Crippen LogP contribution in [0, 0.1) is 0 Å². The Morgan fingerprint density at radius 3 is 2.23 bits per heavy atom. The number of nitrogens with zero attached hydrogens (tertiary/aromatic N) is 1. The van der Waals surface area contributed by atoms with Crippen LogP contribution in [0.5, 0.6) is 0 Å². The van der Waals surface area contributed by atoms with Gasteiger partial charge in [-0.2, -0.15) is 17.5 Å². The molecule has 1 saturated heterocycles. The van der Waals surface area contributed by atoms with Crippen LogP contribution in [0.2, 0.25) is 0 Å². The molecule has 0 amide bonds. The molecule has 2 N–H and O–H groups in total. The molecular formula is C12H15BrClF3N2O2S. The normalized spacial score (nSPS) is 18.0. The van der Waals surface area contributed by atoms with Gasteiger partial charge in [0.1, 0.15) is 0 Å². The molecule has 0 atom stereocenters. The maximum atomic E-state index is 12.8. The van der Waals surface area contributed by atoms with Crippen molar-refractivity contribution < 1.29 is 21.6 Å². The van der Waals surface area contributed by atoms with E-state index in [-0.39, 0.29) is 40.9 Å². The fraction of sp³-hybridized carbons (Fsp3) is 0.500. The van der Waals surface area contributed by atoms with E-state index < -0.39 is 21.8 Å². The minimum atomic E-state index is -4.60. The van der Waals surface area contributed by atoms with Gasteiger partial charge in [-0.15, -0.1) is 12.4 Å². The van der Waals surface area contributed by atoms with Crippen LogP contribution in [0.25, 0.3) is 0 Å². The van der Waals surface area contributed by atoms with E-state index in [0.717, 1.165) is 6.07 Å². The molecule has 0 aromatic heterocycles. The second-order valence-electron chi connectivity index (χ2n) is 4.91. The van der Waals surface area contributed by atoms with Crippen LogP contribution in [0.1, 0.15) is 18.4 Å². The van der Waals surface area contributed by atoms with Crippen LogP contribution in [0.15, 0.2) is 27.6 Å². The van der Waals surface area contributed by atoms with Crippen molar-refractivity contribution in [1.29, 1.82) is 0 Å². The van der Waals surface area contributed by atoms with E-state index in [1.54, 1.807) is 0 Å². The smallest absolute Gasteiger partial charge is 0.328 e. The monoisotopic (exact) mass is 422 g/mol. The van der Waals surface area contributed by atoms with E-state index in [0.29, 0.717) is 18.9 Å². The molecule has 1 aliphatic rings. The average Bonchev–Trinajstić information content (AvgIpc) is 2.37. The molecule has 1 aliphatic heterocycles. The molecule has 0 bridgehead atoms. The minimum absolute atomic E-state index is 0. The van der Waals surface area contributed by atoms with Crippen molar-refractivity contribution in [2.45, 2.75) is 30.0 Å². The highest BCUT2D eigenvalue weighted by atomic mass is 79.9. The highest BCUT2D eigenvalue weighted by Crippen LogP contribution is 2.34. The van der Waals surface area contributed by atoms with Gasteiger partial charge in [0.2, 0.25) is 10.0 Å². The summed E-state index contributed by atoms with van der Waals surface area (Å²) in [6, 6.07) is 2.63. The van der Waals surface area contributed by atoms with Crippen LogP contribution < -0.4 is 5.73 Å². The van der Waals surface area contributed by atoms with Gasteiger partial charge in [0, 0.05) is 23.6 Å². The quantitative estimate of drug-likeness (QED) is 0.795. The summed E-state index contributed by atoms with van der Waals surface area (Å²) in [5, 5.41) is 0. The molecule has 22 heavy (non-hydrogen) atoms. The first-order chi connectivity index (χ1) is 9.60. The fourth-order valence-electron chi connectivity index (χ4n) is 2.14. The number of hydrogen-bond acceptors (Lipinski definition) is 3. The standard InChI is InChI=1S/C12H14BrF3N2O2S.ClH/c13-9-5-8(12(14,15)16)6-11(7-9)21(19,20)18-3-1-10(17)2-4-18;/h5-7,10H,1-4,17H2;1H. The topological polar surface area (TPSA) is 63.4 Å². The highest BCUT2D eigenvalue weighted by Gasteiger charge is 2.34. The van der Waals surface area contributed by atoms with Gasteiger partial charge in [0.25, 0.3) is 0 Å². The van der Waals surface area contributed by atoms with E-state index in [4.69, 9.17) is 5.73 Å². The molecule has 1 fully saturated rings. The molecule has 2 rings (SSSR count). The van der Waals surface area contributed by atoms with E-state index >= 15 is 0 Å². The van der Waals surface area contributed by atoms with Crippen LogP contribution in [0.3, 0.4) is 0 Å². The molecule has 126 valence electrons. The summed E-state index contributed by atoms with van der Waals surface area (Å²) in [6.07, 6.45) is -3.60. The van der Waals surface area contributed by atoms with E-state index in [2.05, 4.69) is 15.9 Å². The van der Waals surface area contributed by atoms with Crippen molar-refractivity contribution in [3.8, 4) is 0 Å². The average molecular weight is 424 g/mol. The van der Waals surface area contributed by atoms with Crippen LogP contribution in [0.4, 0.5) is 13.2 Å². The number of rotatable bonds is 2. The number of benzene rings is 1. The van der Waals surface area contributed by atoms with Gasteiger partial charge >= 0.3 is 6.18 Å². The predicted molar refractivity (Wildman–Crippen MR) is 82.4 cm³/mol. The molecule has 0 unspecified atom stereocenters. The van der Waals surface area contributed by atoms with Gasteiger partial charge in [-0.25, -0.2) is 8.42 Å². The molecule has 10 heteroatoms. The van der Waals surface area contributed by atoms with Crippen molar-refractivity contribution in [2.24, 2.45) is 5.73 Å².